The molecule has 0 aromatic heterocycles. The SMILES string of the molecule is Cc1cc(N2CCN(C(=O)OC(C)(C)C)CC2)ccc1OC(=O)N[C@@H](CCc1ccccc1)C(=O)N[C@@H](CC(C)C)C(=O)N[C@@H](Cc1ccccc1)C(=O)N[C@@H](CC(C)C)C(=O)[C@@]1(C)CO1. The molecule has 5 rings (SSSR count). The second kappa shape index (κ2) is 23.0. The van der Waals surface area contributed by atoms with Gasteiger partial charge in [0, 0.05) is 38.3 Å². The zero-order valence-corrected chi connectivity index (χ0v) is 40.1. The fourth-order valence-electron chi connectivity index (χ4n) is 7.82. The van der Waals surface area contributed by atoms with Gasteiger partial charge >= 0.3 is 12.2 Å². The standard InChI is InChI=1S/C51H70N6O9/c1-33(2)28-40(44(58)51(9)32-64-51)52-47(61)42(31-37-18-14-11-15-19-37)54-46(60)41(29-34(3)4)53-45(59)39(22-20-36-16-12-10-13-17-36)55-48(62)65-43-23-21-38(30-35(43)5)56-24-26-57(27-25-56)49(63)66-50(6,7)8/h10-19,21,23,30,33-34,39-42H,20,22,24-29,31-32H2,1-9H3,(H,52,61)(H,53,59)(H,54,60)(H,55,62)/t39-,40-,41-,42-,51+/m0/s1. The van der Waals surface area contributed by atoms with Crippen molar-refractivity contribution >= 4 is 41.4 Å². The fourth-order valence-corrected chi connectivity index (χ4v) is 7.82. The number of rotatable bonds is 20. The topological polar surface area (TPSA) is 188 Å². The summed E-state index contributed by atoms with van der Waals surface area (Å²) in [6.45, 7) is 19.3. The minimum absolute atomic E-state index is 0.0460. The number of ketones is 1. The van der Waals surface area contributed by atoms with Gasteiger partial charge in [0.1, 0.15) is 35.1 Å². The summed E-state index contributed by atoms with van der Waals surface area (Å²) in [5.74, 6) is -1.57. The van der Waals surface area contributed by atoms with Gasteiger partial charge in [0.05, 0.1) is 12.6 Å². The number of hydrogen-bond donors (Lipinski definition) is 4. The van der Waals surface area contributed by atoms with Gasteiger partial charge in [-0.15, -0.1) is 0 Å². The summed E-state index contributed by atoms with van der Waals surface area (Å²) in [6.07, 6.45) is 0.215. The summed E-state index contributed by atoms with van der Waals surface area (Å²) in [5.41, 5.74) is 1.81. The third kappa shape index (κ3) is 15.6. The molecule has 15 nitrogen and oxygen atoms in total. The number of nitrogens with one attached hydrogen (secondary N) is 4. The molecule has 0 bridgehead atoms. The molecule has 2 saturated heterocycles. The lowest BCUT2D eigenvalue weighted by Crippen LogP contribution is -2.59. The molecular weight excluding hydrogens is 841 g/mol. The van der Waals surface area contributed by atoms with E-state index >= 15 is 0 Å². The van der Waals surface area contributed by atoms with Gasteiger partial charge in [0.25, 0.3) is 0 Å². The van der Waals surface area contributed by atoms with E-state index in [4.69, 9.17) is 14.2 Å². The van der Waals surface area contributed by atoms with E-state index in [0.29, 0.717) is 50.3 Å². The molecule has 0 unspecified atom stereocenters. The highest BCUT2D eigenvalue weighted by atomic mass is 16.6. The van der Waals surface area contributed by atoms with Gasteiger partial charge in [-0.1, -0.05) is 88.4 Å². The van der Waals surface area contributed by atoms with Gasteiger partial charge in [-0.3, -0.25) is 19.2 Å². The third-order valence-corrected chi connectivity index (χ3v) is 11.5. The summed E-state index contributed by atoms with van der Waals surface area (Å²) in [6, 6.07) is 20.2. The van der Waals surface area contributed by atoms with Crippen molar-refractivity contribution in [1.82, 2.24) is 26.2 Å². The Bertz CT molecular complexity index is 2130. The van der Waals surface area contributed by atoms with Crippen LogP contribution >= 0.6 is 0 Å². The average molecular weight is 911 g/mol. The zero-order valence-electron chi connectivity index (χ0n) is 40.1. The second-order valence-electron chi connectivity index (χ2n) is 19.5. The van der Waals surface area contributed by atoms with Crippen molar-refractivity contribution < 1.29 is 43.0 Å². The van der Waals surface area contributed by atoms with Crippen molar-refractivity contribution in [2.45, 2.75) is 130 Å². The van der Waals surface area contributed by atoms with Crippen LogP contribution in [0.1, 0.15) is 91.3 Å². The van der Waals surface area contributed by atoms with Crippen LogP contribution in [-0.2, 0) is 41.5 Å². The number of anilines is 1. The molecule has 15 heteroatoms. The number of benzene rings is 3. The summed E-state index contributed by atoms with van der Waals surface area (Å²) in [4.78, 5) is 86.2. The lowest BCUT2D eigenvalue weighted by molar-refractivity contribution is -0.134. The quantitative estimate of drug-likeness (QED) is 0.0939. The third-order valence-electron chi connectivity index (χ3n) is 11.5. The average Bonchev–Trinajstić information content (AvgIpc) is 4.02. The van der Waals surface area contributed by atoms with Crippen molar-refractivity contribution in [3.05, 3.63) is 95.6 Å². The molecule has 3 aromatic rings. The van der Waals surface area contributed by atoms with Crippen LogP contribution < -0.4 is 30.9 Å². The number of amides is 5. The molecule has 4 N–H and O–H groups in total. The maximum Gasteiger partial charge on any atom is 0.413 e. The summed E-state index contributed by atoms with van der Waals surface area (Å²) in [7, 11) is 0. The normalized spacial score (nSPS) is 17.8. The van der Waals surface area contributed by atoms with E-state index in [1.807, 2.05) is 128 Å². The number of carbonyl (C=O) groups excluding carboxylic acids is 6. The van der Waals surface area contributed by atoms with Crippen molar-refractivity contribution in [2.24, 2.45) is 11.8 Å². The Hall–Kier alpha value is -5.96. The maximum absolute atomic E-state index is 14.3. The van der Waals surface area contributed by atoms with Crippen LogP contribution in [0.3, 0.4) is 0 Å². The first-order valence-corrected chi connectivity index (χ1v) is 23.2. The van der Waals surface area contributed by atoms with Crippen LogP contribution in [0.15, 0.2) is 78.9 Å². The van der Waals surface area contributed by atoms with Crippen molar-refractivity contribution in [3.63, 3.8) is 0 Å². The van der Waals surface area contributed by atoms with Crippen molar-refractivity contribution in [1.29, 1.82) is 0 Å². The number of nitrogens with zero attached hydrogens (tertiary/aromatic N) is 2. The lowest BCUT2D eigenvalue weighted by atomic mass is 9.93. The number of epoxide rings is 1. The van der Waals surface area contributed by atoms with Crippen molar-refractivity contribution in [2.75, 3.05) is 37.7 Å². The van der Waals surface area contributed by atoms with Crippen LogP contribution in [0, 0.1) is 18.8 Å². The van der Waals surface area contributed by atoms with Crippen LogP contribution in [-0.4, -0.2) is 109 Å². The molecule has 2 fully saturated rings. The first-order chi connectivity index (χ1) is 31.2. The number of Topliss-reactive ketones (excluding diaryl/α,β-unsaturated/α-hetero) is 1. The maximum atomic E-state index is 14.3. The van der Waals surface area contributed by atoms with Gasteiger partial charge in [-0.05, 0) is 107 Å². The number of ether oxygens (including phenoxy) is 3. The highest BCUT2D eigenvalue weighted by molar-refractivity contribution is 5.98. The zero-order chi connectivity index (χ0) is 48.2. The lowest BCUT2D eigenvalue weighted by Gasteiger charge is -2.37. The highest BCUT2D eigenvalue weighted by Gasteiger charge is 2.50. The van der Waals surface area contributed by atoms with Gasteiger partial charge in [0.15, 0.2) is 5.78 Å². The molecule has 2 aliphatic rings. The number of carbonyl (C=O) groups is 6. The minimum atomic E-state index is -1.10. The van der Waals surface area contributed by atoms with Gasteiger partial charge in [-0.2, -0.15) is 0 Å². The van der Waals surface area contributed by atoms with Gasteiger partial charge < -0.3 is 45.3 Å². The molecule has 0 radical (unpaired) electrons. The first-order valence-electron chi connectivity index (χ1n) is 23.2. The van der Waals surface area contributed by atoms with E-state index in [1.54, 1.807) is 17.9 Å². The molecule has 0 spiro atoms. The van der Waals surface area contributed by atoms with Crippen molar-refractivity contribution in [3.8, 4) is 5.75 Å². The van der Waals surface area contributed by atoms with Crippen LogP contribution in [0.25, 0.3) is 0 Å². The Kier molecular flexibility index (Phi) is 17.8. The molecule has 2 aliphatic heterocycles. The van der Waals surface area contributed by atoms with E-state index in [0.717, 1.165) is 16.8 Å². The first kappa shape index (κ1) is 51.0. The molecule has 0 aliphatic carbocycles. The molecule has 2 heterocycles. The summed E-state index contributed by atoms with van der Waals surface area (Å²) in [5, 5.41) is 11.5. The molecule has 5 atom stereocenters. The van der Waals surface area contributed by atoms with Gasteiger partial charge in [0.2, 0.25) is 17.7 Å². The Balaban J connectivity index is 1.29. The second-order valence-corrected chi connectivity index (χ2v) is 19.5. The monoisotopic (exact) mass is 911 g/mol. The Labute approximate surface area is 390 Å². The number of aryl methyl sites for hydroxylation is 2. The molecular formula is C51H70N6O9. The Morgan fingerprint density at radius 3 is 1.79 bits per heavy atom. The van der Waals surface area contributed by atoms with Crippen LogP contribution in [0.2, 0.25) is 0 Å². The Morgan fingerprint density at radius 2 is 1.23 bits per heavy atom. The summed E-state index contributed by atoms with van der Waals surface area (Å²) >= 11 is 0. The Morgan fingerprint density at radius 1 is 0.697 bits per heavy atom. The molecule has 0 saturated carbocycles. The predicted octanol–water partition coefficient (Wildman–Crippen LogP) is 6.29. The molecule has 66 heavy (non-hydrogen) atoms. The van der Waals surface area contributed by atoms with E-state index in [1.165, 1.54) is 0 Å². The number of piperazine rings is 1. The molecule has 3 aromatic carbocycles. The van der Waals surface area contributed by atoms with Crippen LogP contribution in [0.5, 0.6) is 5.75 Å². The predicted molar refractivity (Wildman–Crippen MR) is 253 cm³/mol. The number of hydrogen-bond acceptors (Lipinski definition) is 10. The fraction of sp³-hybridized carbons (Fsp3) is 0.529. The highest BCUT2D eigenvalue weighted by Crippen LogP contribution is 2.30. The summed E-state index contributed by atoms with van der Waals surface area (Å²) < 4.78 is 16.8. The molecule has 5 amide bonds. The largest absolute Gasteiger partial charge is 0.444 e. The molecule has 358 valence electrons. The van der Waals surface area contributed by atoms with Gasteiger partial charge in [-0.25, -0.2) is 9.59 Å². The van der Waals surface area contributed by atoms with E-state index < -0.39 is 59.2 Å². The smallest absolute Gasteiger partial charge is 0.413 e. The van der Waals surface area contributed by atoms with E-state index in [2.05, 4.69) is 26.2 Å². The van der Waals surface area contributed by atoms with E-state index in [-0.39, 0.29) is 49.6 Å². The van der Waals surface area contributed by atoms with E-state index in [9.17, 15) is 28.8 Å². The van der Waals surface area contributed by atoms with Crippen LogP contribution in [0.4, 0.5) is 15.3 Å². The minimum Gasteiger partial charge on any atom is -0.444 e.